The lowest BCUT2D eigenvalue weighted by Gasteiger charge is -2.12. The van der Waals surface area contributed by atoms with Crippen molar-refractivity contribution in [1.82, 2.24) is 15.2 Å². The topological polar surface area (TPSA) is 89.1 Å². The highest BCUT2D eigenvalue weighted by Gasteiger charge is 2.13. The minimum Gasteiger partial charge on any atom is -0.495 e. The summed E-state index contributed by atoms with van der Waals surface area (Å²) in [4.78, 5) is 15.8. The van der Waals surface area contributed by atoms with Crippen molar-refractivity contribution in [1.29, 1.82) is 0 Å². The highest BCUT2D eigenvalue weighted by molar-refractivity contribution is 7.99. The number of rotatable bonds is 6. The fourth-order valence-corrected chi connectivity index (χ4v) is 2.36. The monoisotopic (exact) mass is 328 g/mol. The number of aromatic nitrogens is 3. The van der Waals surface area contributed by atoms with Crippen molar-refractivity contribution in [2.75, 3.05) is 25.3 Å². The summed E-state index contributed by atoms with van der Waals surface area (Å²) in [5.74, 6) is 0.912. The first kappa shape index (κ1) is 15.5. The highest BCUT2D eigenvalue weighted by Crippen LogP contribution is 2.35. The Morgan fingerprint density at radius 3 is 2.76 bits per heavy atom. The molecule has 1 amide bonds. The molecular weight excluding hydrogens is 316 g/mol. The maximum atomic E-state index is 11.9. The first-order chi connectivity index (χ1) is 10.1. The number of hydrogen-bond donors (Lipinski definition) is 2. The number of hydrogen-bond acceptors (Lipinski definition) is 6. The molecule has 0 radical (unpaired) electrons. The van der Waals surface area contributed by atoms with Gasteiger partial charge in [0.25, 0.3) is 0 Å². The van der Waals surface area contributed by atoms with Gasteiger partial charge in [-0.05, 0) is 6.07 Å². The molecular formula is C12H13ClN4O3S. The van der Waals surface area contributed by atoms with Gasteiger partial charge >= 0.3 is 0 Å². The third-order valence-electron chi connectivity index (χ3n) is 2.48. The normalized spacial score (nSPS) is 10.2. The maximum Gasteiger partial charge on any atom is 0.234 e. The van der Waals surface area contributed by atoms with Crippen LogP contribution in [0.3, 0.4) is 0 Å². The van der Waals surface area contributed by atoms with Crippen molar-refractivity contribution in [3.63, 3.8) is 0 Å². The van der Waals surface area contributed by atoms with Crippen molar-refractivity contribution in [2.24, 2.45) is 0 Å². The van der Waals surface area contributed by atoms with Crippen LogP contribution in [0.1, 0.15) is 0 Å². The van der Waals surface area contributed by atoms with Crippen LogP contribution in [0.15, 0.2) is 23.6 Å². The molecule has 0 bridgehead atoms. The van der Waals surface area contributed by atoms with E-state index in [2.05, 4.69) is 20.5 Å². The summed E-state index contributed by atoms with van der Waals surface area (Å²) in [6.07, 6.45) is 1.38. The summed E-state index contributed by atoms with van der Waals surface area (Å²) in [7, 11) is 3.01. The molecule has 0 saturated heterocycles. The van der Waals surface area contributed by atoms with Gasteiger partial charge in [-0.3, -0.25) is 9.89 Å². The number of ether oxygens (including phenoxy) is 2. The van der Waals surface area contributed by atoms with E-state index < -0.39 is 0 Å². The Balaban J connectivity index is 2.04. The van der Waals surface area contributed by atoms with Gasteiger partial charge in [0, 0.05) is 6.07 Å². The number of H-pyrrole nitrogens is 1. The summed E-state index contributed by atoms with van der Waals surface area (Å²) in [5, 5.41) is 10.1. The number of benzene rings is 1. The van der Waals surface area contributed by atoms with E-state index in [9.17, 15) is 4.79 Å². The average Bonchev–Trinajstić information content (AvgIpc) is 2.99. The van der Waals surface area contributed by atoms with Crippen molar-refractivity contribution in [3.05, 3.63) is 23.5 Å². The van der Waals surface area contributed by atoms with Gasteiger partial charge < -0.3 is 14.8 Å². The van der Waals surface area contributed by atoms with Crippen LogP contribution in [0.25, 0.3) is 0 Å². The van der Waals surface area contributed by atoms with Crippen LogP contribution in [0.5, 0.6) is 11.5 Å². The zero-order chi connectivity index (χ0) is 15.2. The van der Waals surface area contributed by atoms with Gasteiger partial charge in [-0.25, -0.2) is 4.98 Å². The molecule has 2 N–H and O–H groups in total. The predicted octanol–water partition coefficient (Wildman–Crippen LogP) is 2.21. The van der Waals surface area contributed by atoms with Gasteiger partial charge in [-0.2, -0.15) is 5.10 Å². The average molecular weight is 329 g/mol. The smallest absolute Gasteiger partial charge is 0.234 e. The lowest BCUT2D eigenvalue weighted by Crippen LogP contribution is -2.15. The number of carbonyl (C=O) groups excluding carboxylic acids is 1. The van der Waals surface area contributed by atoms with E-state index in [1.165, 1.54) is 32.3 Å². The van der Waals surface area contributed by atoms with Gasteiger partial charge in [-0.1, -0.05) is 23.4 Å². The maximum absolute atomic E-state index is 11.9. The Hall–Kier alpha value is -1.93. The molecule has 0 spiro atoms. The summed E-state index contributed by atoms with van der Waals surface area (Å²) in [5.41, 5.74) is 0.478. The van der Waals surface area contributed by atoms with E-state index in [0.717, 1.165) is 0 Å². The number of carbonyl (C=O) groups is 1. The number of nitrogens with zero attached hydrogens (tertiary/aromatic N) is 2. The van der Waals surface area contributed by atoms with Crippen LogP contribution in [-0.2, 0) is 4.79 Å². The molecule has 1 aromatic carbocycles. The predicted molar refractivity (Wildman–Crippen MR) is 80.3 cm³/mol. The fourth-order valence-electron chi connectivity index (χ4n) is 1.54. The number of thioether (sulfide) groups is 1. The van der Waals surface area contributed by atoms with Gasteiger partial charge in [0.1, 0.15) is 17.8 Å². The Labute approximate surface area is 130 Å². The van der Waals surface area contributed by atoms with Crippen molar-refractivity contribution >= 4 is 35.0 Å². The van der Waals surface area contributed by atoms with Gasteiger partial charge in [0.15, 0.2) is 5.16 Å². The van der Waals surface area contributed by atoms with Crippen LogP contribution in [0.4, 0.5) is 5.69 Å². The number of methoxy groups -OCH3 is 2. The standard InChI is InChI=1S/C12H13ClN4O3S/c1-19-9-4-10(20-2)8(3-7(9)13)16-11(18)5-21-12-14-6-15-17-12/h3-4,6H,5H2,1-2H3,(H,16,18)(H,14,15,17). The third kappa shape index (κ3) is 4.02. The van der Waals surface area contributed by atoms with Gasteiger partial charge in [0.2, 0.25) is 5.91 Å². The van der Waals surface area contributed by atoms with E-state index >= 15 is 0 Å². The van der Waals surface area contributed by atoms with Gasteiger partial charge in [0.05, 0.1) is 30.7 Å². The molecule has 0 atom stereocenters. The number of amides is 1. The highest BCUT2D eigenvalue weighted by atomic mass is 35.5. The number of anilines is 1. The SMILES string of the molecule is COc1cc(OC)c(NC(=O)CSc2ncn[nH]2)cc1Cl. The Morgan fingerprint density at radius 2 is 2.14 bits per heavy atom. The quantitative estimate of drug-likeness (QED) is 0.790. The molecule has 7 nitrogen and oxygen atoms in total. The lowest BCUT2D eigenvalue weighted by molar-refractivity contribution is -0.113. The van der Waals surface area contributed by atoms with Crippen LogP contribution in [-0.4, -0.2) is 41.1 Å². The zero-order valence-electron chi connectivity index (χ0n) is 11.3. The Kier molecular flexibility index (Phi) is 5.29. The molecule has 2 rings (SSSR count). The van der Waals surface area contributed by atoms with Crippen molar-refractivity contribution in [2.45, 2.75) is 5.16 Å². The van der Waals surface area contributed by atoms with E-state index in [1.54, 1.807) is 12.1 Å². The molecule has 9 heteroatoms. The second-order valence-corrected chi connectivity index (χ2v) is 5.19. The second-order valence-electron chi connectivity index (χ2n) is 3.81. The number of aromatic amines is 1. The van der Waals surface area contributed by atoms with Gasteiger partial charge in [-0.15, -0.1) is 0 Å². The minimum absolute atomic E-state index is 0.183. The van der Waals surface area contributed by atoms with Crippen LogP contribution >= 0.6 is 23.4 Å². The summed E-state index contributed by atoms with van der Waals surface area (Å²) in [6.45, 7) is 0. The molecule has 21 heavy (non-hydrogen) atoms. The number of nitrogens with one attached hydrogen (secondary N) is 2. The summed E-state index contributed by atoms with van der Waals surface area (Å²) < 4.78 is 10.3. The minimum atomic E-state index is -0.212. The molecule has 0 saturated carbocycles. The molecule has 0 unspecified atom stereocenters. The van der Waals surface area contributed by atoms with E-state index in [1.807, 2.05) is 0 Å². The molecule has 1 heterocycles. The second kappa shape index (κ2) is 7.19. The Morgan fingerprint density at radius 1 is 1.38 bits per heavy atom. The molecule has 0 aliphatic rings. The summed E-state index contributed by atoms with van der Waals surface area (Å²) in [6, 6.07) is 3.19. The fraction of sp³-hybridized carbons (Fsp3) is 0.250. The van der Waals surface area contributed by atoms with Crippen LogP contribution in [0.2, 0.25) is 5.02 Å². The van der Waals surface area contributed by atoms with Crippen LogP contribution < -0.4 is 14.8 Å². The first-order valence-corrected chi connectivity index (χ1v) is 7.20. The first-order valence-electron chi connectivity index (χ1n) is 5.83. The molecule has 0 aliphatic heterocycles. The van der Waals surface area contributed by atoms with Crippen molar-refractivity contribution < 1.29 is 14.3 Å². The summed E-state index contributed by atoms with van der Waals surface area (Å²) >= 11 is 7.28. The molecule has 0 fully saturated rings. The zero-order valence-corrected chi connectivity index (χ0v) is 12.9. The lowest BCUT2D eigenvalue weighted by atomic mass is 10.2. The largest absolute Gasteiger partial charge is 0.495 e. The Bertz CT molecular complexity index is 621. The van der Waals surface area contributed by atoms with E-state index in [0.29, 0.717) is 27.4 Å². The van der Waals surface area contributed by atoms with E-state index in [-0.39, 0.29) is 11.7 Å². The molecule has 0 aliphatic carbocycles. The third-order valence-corrected chi connectivity index (χ3v) is 3.65. The van der Waals surface area contributed by atoms with Crippen molar-refractivity contribution in [3.8, 4) is 11.5 Å². The van der Waals surface area contributed by atoms with E-state index in [4.69, 9.17) is 21.1 Å². The molecule has 112 valence electrons. The molecule has 2 aromatic rings. The molecule has 1 aromatic heterocycles. The number of halogens is 1. The van der Waals surface area contributed by atoms with Crippen LogP contribution in [0, 0.1) is 0 Å².